The average Bonchev–Trinajstić information content (AvgIpc) is 2.18. The molecule has 1 unspecified atom stereocenters. The van der Waals surface area contributed by atoms with Crippen molar-refractivity contribution in [2.75, 3.05) is 7.11 Å². The molecule has 0 aromatic heterocycles. The first kappa shape index (κ1) is 9.86. The van der Waals surface area contributed by atoms with Crippen molar-refractivity contribution in [3.63, 3.8) is 0 Å². The van der Waals surface area contributed by atoms with Gasteiger partial charge in [0.25, 0.3) is 0 Å². The Kier molecular flexibility index (Phi) is 2.78. The number of hydrogen-bond acceptors (Lipinski definition) is 2. The minimum Gasteiger partial charge on any atom is -0.366 e. The molecular weight excluding hydrogens is 171 g/mol. The van der Waals surface area contributed by atoms with Crippen molar-refractivity contribution in [2.24, 2.45) is 0 Å². The maximum absolute atomic E-state index is 12.6. The van der Waals surface area contributed by atoms with E-state index in [1.807, 2.05) is 0 Å². The van der Waals surface area contributed by atoms with E-state index in [-0.39, 0.29) is 5.82 Å². The Morgan fingerprint density at radius 2 is 1.92 bits per heavy atom. The van der Waals surface area contributed by atoms with Crippen LogP contribution in [0.3, 0.4) is 0 Å². The second-order valence-corrected chi connectivity index (χ2v) is 2.94. The van der Waals surface area contributed by atoms with Gasteiger partial charge in [-0.1, -0.05) is 12.1 Å². The normalized spacial score (nSPS) is 15.0. The molecule has 2 nitrogen and oxygen atoms in total. The molecular formula is C10H11FO2. The van der Waals surface area contributed by atoms with E-state index in [0.717, 1.165) is 0 Å². The summed E-state index contributed by atoms with van der Waals surface area (Å²) in [5, 5.41) is 0. The fourth-order valence-corrected chi connectivity index (χ4v) is 1.01. The highest BCUT2D eigenvalue weighted by Gasteiger charge is 2.24. The largest absolute Gasteiger partial charge is 0.366 e. The Hall–Kier alpha value is -1.22. The Morgan fingerprint density at radius 3 is 2.31 bits per heavy atom. The first-order chi connectivity index (χ1) is 6.12. The lowest BCUT2D eigenvalue weighted by Crippen LogP contribution is -2.25. The van der Waals surface area contributed by atoms with Crippen LogP contribution in [0.25, 0.3) is 0 Å². The van der Waals surface area contributed by atoms with E-state index in [9.17, 15) is 9.18 Å². The van der Waals surface area contributed by atoms with Crippen LogP contribution in [-0.4, -0.2) is 13.4 Å². The molecule has 1 aromatic carbocycles. The molecule has 1 atom stereocenters. The van der Waals surface area contributed by atoms with E-state index >= 15 is 0 Å². The number of benzene rings is 1. The summed E-state index contributed by atoms with van der Waals surface area (Å²) in [6, 6.07) is 5.67. The SMILES string of the molecule is COC(C)(C=O)c1ccc(F)cc1. The highest BCUT2D eigenvalue weighted by atomic mass is 19.1. The lowest BCUT2D eigenvalue weighted by Gasteiger charge is -2.21. The summed E-state index contributed by atoms with van der Waals surface area (Å²) < 4.78 is 17.6. The third kappa shape index (κ3) is 1.92. The Bertz CT molecular complexity index is 294. The molecule has 0 saturated heterocycles. The van der Waals surface area contributed by atoms with E-state index in [0.29, 0.717) is 11.8 Å². The second kappa shape index (κ2) is 3.66. The van der Waals surface area contributed by atoms with Crippen LogP contribution >= 0.6 is 0 Å². The Labute approximate surface area is 76.3 Å². The molecule has 0 aliphatic rings. The predicted molar refractivity (Wildman–Crippen MR) is 46.8 cm³/mol. The Balaban J connectivity index is 3.06. The van der Waals surface area contributed by atoms with E-state index in [2.05, 4.69) is 0 Å². The van der Waals surface area contributed by atoms with Gasteiger partial charge in [0.1, 0.15) is 11.4 Å². The van der Waals surface area contributed by atoms with Crippen molar-refractivity contribution in [3.8, 4) is 0 Å². The van der Waals surface area contributed by atoms with Gasteiger partial charge >= 0.3 is 0 Å². The van der Waals surface area contributed by atoms with E-state index in [4.69, 9.17) is 4.74 Å². The molecule has 1 aromatic rings. The van der Waals surface area contributed by atoms with Crippen LogP contribution in [0.2, 0.25) is 0 Å². The number of carbonyl (C=O) groups excluding carboxylic acids is 1. The van der Waals surface area contributed by atoms with Gasteiger partial charge in [0, 0.05) is 7.11 Å². The van der Waals surface area contributed by atoms with Gasteiger partial charge in [-0.25, -0.2) is 4.39 Å². The van der Waals surface area contributed by atoms with Gasteiger partial charge in [0.15, 0.2) is 6.29 Å². The van der Waals surface area contributed by atoms with Gasteiger partial charge in [-0.15, -0.1) is 0 Å². The lowest BCUT2D eigenvalue weighted by molar-refractivity contribution is -0.126. The van der Waals surface area contributed by atoms with Crippen molar-refractivity contribution in [1.82, 2.24) is 0 Å². The van der Waals surface area contributed by atoms with E-state index in [1.54, 1.807) is 6.92 Å². The van der Waals surface area contributed by atoms with Gasteiger partial charge in [-0.2, -0.15) is 0 Å². The summed E-state index contributed by atoms with van der Waals surface area (Å²) in [6.07, 6.45) is 0.695. The van der Waals surface area contributed by atoms with Gasteiger partial charge in [-0.3, -0.25) is 4.79 Å². The number of ether oxygens (including phenoxy) is 1. The first-order valence-corrected chi connectivity index (χ1v) is 3.90. The van der Waals surface area contributed by atoms with Crippen molar-refractivity contribution in [3.05, 3.63) is 35.6 Å². The maximum atomic E-state index is 12.6. The smallest absolute Gasteiger partial charge is 0.156 e. The minimum atomic E-state index is -0.978. The molecule has 3 heteroatoms. The molecule has 0 radical (unpaired) electrons. The van der Waals surface area contributed by atoms with Crippen molar-refractivity contribution >= 4 is 6.29 Å². The van der Waals surface area contributed by atoms with Gasteiger partial charge in [-0.05, 0) is 24.6 Å². The molecule has 0 spiro atoms. The van der Waals surface area contributed by atoms with Crippen LogP contribution in [-0.2, 0) is 15.1 Å². The summed E-state index contributed by atoms with van der Waals surface area (Å²) in [7, 11) is 1.44. The molecule has 70 valence electrons. The molecule has 0 fully saturated rings. The zero-order chi connectivity index (χ0) is 9.90. The first-order valence-electron chi connectivity index (χ1n) is 3.90. The van der Waals surface area contributed by atoms with E-state index in [1.165, 1.54) is 31.4 Å². The lowest BCUT2D eigenvalue weighted by atomic mass is 9.98. The number of carbonyl (C=O) groups is 1. The molecule has 0 aliphatic heterocycles. The standard InChI is InChI=1S/C10H11FO2/c1-10(7-12,13-2)8-3-5-9(11)6-4-8/h3-7H,1-2H3. The van der Waals surface area contributed by atoms with Gasteiger partial charge in [0.2, 0.25) is 0 Å². The summed E-state index contributed by atoms with van der Waals surface area (Å²) in [6.45, 7) is 1.63. The molecule has 0 bridgehead atoms. The Morgan fingerprint density at radius 1 is 1.38 bits per heavy atom. The highest BCUT2D eigenvalue weighted by Crippen LogP contribution is 2.21. The zero-order valence-corrected chi connectivity index (χ0v) is 7.58. The summed E-state index contributed by atoms with van der Waals surface area (Å²) in [5.74, 6) is -0.326. The summed E-state index contributed by atoms with van der Waals surface area (Å²) in [5.41, 5.74) is -0.334. The molecule has 0 heterocycles. The third-order valence-corrected chi connectivity index (χ3v) is 2.07. The molecule has 0 aliphatic carbocycles. The van der Waals surface area contributed by atoms with Gasteiger partial charge < -0.3 is 4.74 Å². The number of methoxy groups -OCH3 is 1. The van der Waals surface area contributed by atoms with Crippen LogP contribution < -0.4 is 0 Å². The minimum absolute atomic E-state index is 0.326. The average molecular weight is 182 g/mol. The van der Waals surface area contributed by atoms with Crippen LogP contribution in [0.4, 0.5) is 4.39 Å². The van der Waals surface area contributed by atoms with Crippen LogP contribution in [0, 0.1) is 5.82 Å². The molecule has 0 amide bonds. The maximum Gasteiger partial charge on any atom is 0.156 e. The van der Waals surface area contributed by atoms with Crippen molar-refractivity contribution < 1.29 is 13.9 Å². The predicted octanol–water partition coefficient (Wildman–Crippen LogP) is 1.89. The molecule has 0 N–H and O–H groups in total. The van der Waals surface area contributed by atoms with Crippen LogP contribution in [0.15, 0.2) is 24.3 Å². The monoisotopic (exact) mass is 182 g/mol. The van der Waals surface area contributed by atoms with Crippen molar-refractivity contribution in [1.29, 1.82) is 0 Å². The number of hydrogen-bond donors (Lipinski definition) is 0. The summed E-state index contributed by atoms with van der Waals surface area (Å²) >= 11 is 0. The fourth-order valence-electron chi connectivity index (χ4n) is 1.01. The third-order valence-electron chi connectivity index (χ3n) is 2.07. The van der Waals surface area contributed by atoms with Gasteiger partial charge in [0.05, 0.1) is 0 Å². The summed E-state index contributed by atoms with van der Waals surface area (Å²) in [4.78, 5) is 10.7. The number of rotatable bonds is 3. The fraction of sp³-hybridized carbons (Fsp3) is 0.300. The second-order valence-electron chi connectivity index (χ2n) is 2.94. The molecule has 0 saturated carbocycles. The molecule has 1 rings (SSSR count). The number of aldehydes is 1. The highest BCUT2D eigenvalue weighted by molar-refractivity contribution is 5.65. The topological polar surface area (TPSA) is 26.3 Å². The van der Waals surface area contributed by atoms with Crippen LogP contribution in [0.1, 0.15) is 12.5 Å². The van der Waals surface area contributed by atoms with E-state index < -0.39 is 5.60 Å². The van der Waals surface area contributed by atoms with Crippen LogP contribution in [0.5, 0.6) is 0 Å². The molecule has 13 heavy (non-hydrogen) atoms. The van der Waals surface area contributed by atoms with Crippen molar-refractivity contribution in [2.45, 2.75) is 12.5 Å². The quantitative estimate of drug-likeness (QED) is 0.667. The zero-order valence-electron chi connectivity index (χ0n) is 7.58. The number of halogens is 1.